The van der Waals surface area contributed by atoms with Crippen molar-refractivity contribution in [2.24, 2.45) is 5.92 Å². The van der Waals surface area contributed by atoms with Crippen LogP contribution in [0.4, 0.5) is 0 Å². The molecule has 0 N–H and O–H groups in total. The Hall–Kier alpha value is -1.31. The van der Waals surface area contributed by atoms with Gasteiger partial charge in [0.15, 0.2) is 0 Å². The molecule has 1 rings (SSSR count). The van der Waals surface area contributed by atoms with Crippen molar-refractivity contribution in [1.29, 1.82) is 0 Å². The lowest BCUT2D eigenvalue weighted by molar-refractivity contribution is 0.0791. The van der Waals surface area contributed by atoms with Crippen LogP contribution in [-0.2, 0) is 0 Å². The Balaban J connectivity index is 2.56. The fraction of sp³-hybridized carbons (Fsp3) is 0.588. The molecule has 1 amide bonds. The van der Waals surface area contributed by atoms with Crippen LogP contribution >= 0.6 is 0 Å². The molecule has 0 aliphatic heterocycles. The highest BCUT2D eigenvalue weighted by molar-refractivity contribution is 5.94. The van der Waals surface area contributed by atoms with E-state index in [1.807, 2.05) is 24.1 Å². The zero-order valence-corrected chi connectivity index (χ0v) is 12.9. The SMILES string of the molecule is CC(C)CCCN(C)C(=O)c1ccc(C(C)C)cc1. The van der Waals surface area contributed by atoms with Gasteiger partial charge in [0.25, 0.3) is 5.91 Å². The number of rotatable bonds is 6. The van der Waals surface area contributed by atoms with Crippen molar-refractivity contribution in [3.63, 3.8) is 0 Å². The number of carbonyl (C=O) groups is 1. The summed E-state index contributed by atoms with van der Waals surface area (Å²) in [5.74, 6) is 1.33. The van der Waals surface area contributed by atoms with Crippen LogP contribution in [0.5, 0.6) is 0 Å². The zero-order chi connectivity index (χ0) is 14.4. The van der Waals surface area contributed by atoms with Gasteiger partial charge in [-0.2, -0.15) is 0 Å². The molecular formula is C17H27NO. The minimum atomic E-state index is 0.124. The molecule has 1 aromatic rings. The van der Waals surface area contributed by atoms with Gasteiger partial charge in [-0.3, -0.25) is 4.79 Å². The van der Waals surface area contributed by atoms with E-state index in [0.717, 1.165) is 18.5 Å². The molecule has 19 heavy (non-hydrogen) atoms. The summed E-state index contributed by atoms with van der Waals surface area (Å²) in [6, 6.07) is 7.99. The summed E-state index contributed by atoms with van der Waals surface area (Å²) in [6.07, 6.45) is 2.24. The summed E-state index contributed by atoms with van der Waals surface area (Å²) in [5.41, 5.74) is 2.07. The quantitative estimate of drug-likeness (QED) is 0.747. The Bertz CT molecular complexity index is 392. The summed E-state index contributed by atoms with van der Waals surface area (Å²) >= 11 is 0. The van der Waals surface area contributed by atoms with Gasteiger partial charge in [0.05, 0.1) is 0 Å². The number of hydrogen-bond donors (Lipinski definition) is 0. The van der Waals surface area contributed by atoms with Crippen molar-refractivity contribution in [2.45, 2.75) is 46.5 Å². The number of hydrogen-bond acceptors (Lipinski definition) is 1. The van der Waals surface area contributed by atoms with Crippen molar-refractivity contribution < 1.29 is 4.79 Å². The van der Waals surface area contributed by atoms with E-state index in [2.05, 4.69) is 39.8 Å². The maximum absolute atomic E-state index is 12.2. The van der Waals surface area contributed by atoms with E-state index < -0.39 is 0 Å². The Labute approximate surface area is 117 Å². The molecule has 0 saturated carbocycles. The molecule has 0 saturated heterocycles. The molecule has 106 valence electrons. The molecule has 0 radical (unpaired) electrons. The first-order valence-corrected chi connectivity index (χ1v) is 7.27. The number of nitrogens with zero attached hydrogens (tertiary/aromatic N) is 1. The molecular weight excluding hydrogens is 234 g/mol. The summed E-state index contributed by atoms with van der Waals surface area (Å²) < 4.78 is 0. The molecule has 0 aliphatic rings. The lowest BCUT2D eigenvalue weighted by Gasteiger charge is -2.18. The van der Waals surface area contributed by atoms with E-state index in [0.29, 0.717) is 11.8 Å². The molecule has 2 heteroatoms. The van der Waals surface area contributed by atoms with Crippen LogP contribution in [0.1, 0.15) is 62.4 Å². The fourth-order valence-corrected chi connectivity index (χ4v) is 2.07. The first kappa shape index (κ1) is 15.7. The summed E-state index contributed by atoms with van der Waals surface area (Å²) in [5, 5.41) is 0. The normalized spacial score (nSPS) is 11.1. The third kappa shape index (κ3) is 5.06. The number of benzene rings is 1. The lowest BCUT2D eigenvalue weighted by atomic mass is 10.0. The molecule has 0 bridgehead atoms. The molecule has 0 heterocycles. The van der Waals surface area contributed by atoms with Crippen LogP contribution < -0.4 is 0 Å². The van der Waals surface area contributed by atoms with Crippen molar-refractivity contribution in [2.75, 3.05) is 13.6 Å². The van der Waals surface area contributed by atoms with E-state index in [9.17, 15) is 4.79 Å². The van der Waals surface area contributed by atoms with Gasteiger partial charge in [0, 0.05) is 19.2 Å². The van der Waals surface area contributed by atoms with E-state index in [4.69, 9.17) is 0 Å². The van der Waals surface area contributed by atoms with Gasteiger partial charge < -0.3 is 4.90 Å². The van der Waals surface area contributed by atoms with Gasteiger partial charge in [0.1, 0.15) is 0 Å². The van der Waals surface area contributed by atoms with Crippen LogP contribution in [0.25, 0.3) is 0 Å². The Kier molecular flexibility index (Phi) is 6.07. The van der Waals surface area contributed by atoms with Crippen molar-refractivity contribution in [3.05, 3.63) is 35.4 Å². The molecule has 0 unspecified atom stereocenters. The van der Waals surface area contributed by atoms with E-state index in [1.165, 1.54) is 12.0 Å². The lowest BCUT2D eigenvalue weighted by Crippen LogP contribution is -2.27. The Morgan fingerprint density at radius 3 is 2.16 bits per heavy atom. The Morgan fingerprint density at radius 1 is 1.11 bits per heavy atom. The van der Waals surface area contributed by atoms with Gasteiger partial charge in [-0.15, -0.1) is 0 Å². The number of carbonyl (C=O) groups excluding carboxylic acids is 1. The number of amides is 1. The van der Waals surface area contributed by atoms with Gasteiger partial charge in [-0.05, 0) is 42.4 Å². The van der Waals surface area contributed by atoms with Crippen molar-refractivity contribution >= 4 is 5.91 Å². The van der Waals surface area contributed by atoms with Crippen molar-refractivity contribution in [3.8, 4) is 0 Å². The molecule has 0 atom stereocenters. The van der Waals surface area contributed by atoms with E-state index >= 15 is 0 Å². The van der Waals surface area contributed by atoms with Gasteiger partial charge in [-0.25, -0.2) is 0 Å². The summed E-state index contributed by atoms with van der Waals surface area (Å²) in [4.78, 5) is 14.1. The summed E-state index contributed by atoms with van der Waals surface area (Å²) in [7, 11) is 1.89. The average molecular weight is 261 g/mol. The second kappa shape index (κ2) is 7.32. The largest absolute Gasteiger partial charge is 0.342 e. The predicted octanol–water partition coefficient (Wildman–Crippen LogP) is 4.32. The highest BCUT2D eigenvalue weighted by Gasteiger charge is 2.11. The highest BCUT2D eigenvalue weighted by Crippen LogP contribution is 2.15. The molecule has 0 aliphatic carbocycles. The maximum Gasteiger partial charge on any atom is 0.253 e. The predicted molar refractivity (Wildman–Crippen MR) is 81.6 cm³/mol. The van der Waals surface area contributed by atoms with Gasteiger partial charge >= 0.3 is 0 Å². The van der Waals surface area contributed by atoms with Crippen LogP contribution in [0.3, 0.4) is 0 Å². The first-order chi connectivity index (χ1) is 8.91. The zero-order valence-electron chi connectivity index (χ0n) is 12.9. The van der Waals surface area contributed by atoms with E-state index in [1.54, 1.807) is 0 Å². The average Bonchev–Trinajstić information content (AvgIpc) is 2.37. The monoisotopic (exact) mass is 261 g/mol. The van der Waals surface area contributed by atoms with Crippen molar-refractivity contribution in [1.82, 2.24) is 4.90 Å². The Morgan fingerprint density at radius 2 is 1.68 bits per heavy atom. The van der Waals surface area contributed by atoms with Crippen LogP contribution in [0.2, 0.25) is 0 Å². The smallest absolute Gasteiger partial charge is 0.253 e. The molecule has 2 nitrogen and oxygen atoms in total. The molecule has 0 fully saturated rings. The molecule has 0 spiro atoms. The van der Waals surface area contributed by atoms with Gasteiger partial charge in [-0.1, -0.05) is 39.8 Å². The minimum Gasteiger partial charge on any atom is -0.342 e. The highest BCUT2D eigenvalue weighted by atomic mass is 16.2. The third-order valence-electron chi connectivity index (χ3n) is 3.45. The standard InChI is InChI=1S/C17H27NO/c1-13(2)7-6-12-18(5)17(19)16-10-8-15(9-11-16)14(3)4/h8-11,13-14H,6-7,12H2,1-5H3. The third-order valence-corrected chi connectivity index (χ3v) is 3.45. The molecule has 1 aromatic carbocycles. The summed E-state index contributed by atoms with van der Waals surface area (Å²) in [6.45, 7) is 9.59. The van der Waals surface area contributed by atoms with Crippen LogP contribution in [0.15, 0.2) is 24.3 Å². The maximum atomic E-state index is 12.2. The van der Waals surface area contributed by atoms with Gasteiger partial charge in [0.2, 0.25) is 0 Å². The first-order valence-electron chi connectivity index (χ1n) is 7.27. The minimum absolute atomic E-state index is 0.124. The van der Waals surface area contributed by atoms with Crippen LogP contribution in [-0.4, -0.2) is 24.4 Å². The second-order valence-corrected chi connectivity index (χ2v) is 6.04. The topological polar surface area (TPSA) is 20.3 Å². The van der Waals surface area contributed by atoms with E-state index in [-0.39, 0.29) is 5.91 Å². The van der Waals surface area contributed by atoms with Crippen LogP contribution in [0, 0.1) is 5.92 Å². The second-order valence-electron chi connectivity index (χ2n) is 6.04. The fourth-order valence-electron chi connectivity index (χ4n) is 2.07. The molecule has 0 aromatic heterocycles.